The largest absolute Gasteiger partial charge is 1.00 e. The normalized spacial score (nSPS) is 8.80. The fraction of sp³-hybridized carbons (Fsp3) is 0.300. The third-order valence-electron chi connectivity index (χ3n) is 1.60. The van der Waals surface area contributed by atoms with Gasteiger partial charge in [-0.15, -0.1) is 0 Å². The van der Waals surface area contributed by atoms with E-state index in [0.717, 1.165) is 0 Å². The molecule has 0 amide bonds. The molecule has 1 rings (SSSR count). The van der Waals surface area contributed by atoms with Crippen molar-refractivity contribution in [2.75, 3.05) is 13.4 Å². The fourth-order valence-corrected chi connectivity index (χ4v) is 0.921. The number of carboxylic acids is 1. The van der Waals surface area contributed by atoms with E-state index in [9.17, 15) is 4.79 Å². The van der Waals surface area contributed by atoms with Crippen LogP contribution in [0.3, 0.4) is 0 Å². The van der Waals surface area contributed by atoms with Crippen LogP contribution in [0.1, 0.15) is 17.3 Å². The Labute approximate surface area is 138 Å². The van der Waals surface area contributed by atoms with Gasteiger partial charge in [-0.3, -0.25) is 0 Å². The minimum atomic E-state index is -2.42. The van der Waals surface area contributed by atoms with Gasteiger partial charge in [0.05, 0.1) is 0 Å². The number of rotatable bonds is 6. The predicted octanol–water partition coefficient (Wildman–Crippen LogP) is -3.99. The Morgan fingerprint density at radius 2 is 1.90 bits per heavy atom. The van der Waals surface area contributed by atoms with Crippen LogP contribution in [-0.2, 0) is 9.62 Å². The first-order valence-corrected chi connectivity index (χ1v) is 5.20. The molecular weight excluding hydrogens is 282 g/mol. The molecule has 0 atom stereocenters. The van der Waals surface area contributed by atoms with Gasteiger partial charge in [0.1, 0.15) is 5.56 Å². The molecule has 0 spiro atoms. The van der Waals surface area contributed by atoms with E-state index in [-0.39, 0.29) is 47.7 Å². The van der Waals surface area contributed by atoms with E-state index >= 15 is 0 Å². The average molecular weight is 296 g/mol. The Bertz CT molecular complexity index is 373. The maximum absolute atomic E-state index is 10.7. The van der Waals surface area contributed by atoms with E-state index in [0.29, 0.717) is 6.61 Å². The topological polar surface area (TPSA) is 129 Å². The number of para-hydroxylation sites is 1. The Kier molecular flexibility index (Phi) is 14.4. The van der Waals surface area contributed by atoms with Crippen molar-refractivity contribution in [1.82, 2.24) is 0 Å². The molecule has 1 aromatic rings. The van der Waals surface area contributed by atoms with E-state index in [1.807, 2.05) is 6.92 Å². The van der Waals surface area contributed by atoms with Crippen molar-refractivity contribution >= 4 is 13.3 Å². The molecule has 0 bridgehead atoms. The van der Waals surface area contributed by atoms with Crippen LogP contribution < -0.4 is 39.5 Å². The van der Waals surface area contributed by atoms with Crippen molar-refractivity contribution in [2.24, 2.45) is 0 Å². The SMILES string of the molecule is CCOCOOc1ccccc1C(=O)O.[Na+].[O-]B(O)O. The molecule has 0 unspecified atom stereocenters. The molecule has 0 aliphatic rings. The Morgan fingerprint density at radius 1 is 1.35 bits per heavy atom. The quantitative estimate of drug-likeness (QED) is 0.159. The van der Waals surface area contributed by atoms with E-state index in [2.05, 4.69) is 4.89 Å². The summed E-state index contributed by atoms with van der Waals surface area (Å²) in [6.07, 6.45) is 0. The maximum Gasteiger partial charge on any atom is 1.00 e. The van der Waals surface area contributed by atoms with Gasteiger partial charge in [-0.1, -0.05) is 12.1 Å². The van der Waals surface area contributed by atoms with Crippen molar-refractivity contribution in [2.45, 2.75) is 6.92 Å². The monoisotopic (exact) mass is 296 g/mol. The first-order valence-electron chi connectivity index (χ1n) is 5.20. The molecule has 0 saturated carbocycles. The van der Waals surface area contributed by atoms with Crippen LogP contribution in [0, 0.1) is 0 Å². The summed E-state index contributed by atoms with van der Waals surface area (Å²) >= 11 is 0. The summed E-state index contributed by atoms with van der Waals surface area (Å²) in [5, 5.41) is 31.6. The first-order chi connectivity index (χ1) is 8.99. The van der Waals surface area contributed by atoms with Crippen LogP contribution in [0.25, 0.3) is 0 Å². The molecule has 8 nitrogen and oxygen atoms in total. The number of hydrogen-bond acceptors (Lipinski definition) is 7. The van der Waals surface area contributed by atoms with E-state index in [1.165, 1.54) is 12.1 Å². The van der Waals surface area contributed by atoms with Gasteiger partial charge in [-0.05, 0) is 19.1 Å². The van der Waals surface area contributed by atoms with Crippen LogP contribution in [0.5, 0.6) is 5.75 Å². The molecule has 3 N–H and O–H groups in total. The van der Waals surface area contributed by atoms with Gasteiger partial charge < -0.3 is 29.8 Å². The molecule has 106 valence electrons. The van der Waals surface area contributed by atoms with E-state index in [4.69, 9.17) is 29.8 Å². The number of ether oxygens (including phenoxy) is 1. The summed E-state index contributed by atoms with van der Waals surface area (Å²) in [7, 11) is -2.42. The molecular formula is C10H14BNaO8. The van der Waals surface area contributed by atoms with Gasteiger partial charge in [0.2, 0.25) is 0 Å². The summed E-state index contributed by atoms with van der Waals surface area (Å²) in [4.78, 5) is 20.2. The zero-order valence-corrected chi connectivity index (χ0v) is 13.2. The molecule has 10 heteroatoms. The van der Waals surface area contributed by atoms with Gasteiger partial charge in [0, 0.05) is 6.61 Å². The number of benzene rings is 1. The Morgan fingerprint density at radius 3 is 2.40 bits per heavy atom. The van der Waals surface area contributed by atoms with Crippen LogP contribution in [0.15, 0.2) is 24.3 Å². The molecule has 0 fully saturated rings. The smallest absolute Gasteiger partial charge is 0.832 e. The standard InChI is InChI=1S/C10H12O5.BH2O3.Na/c1-2-13-7-14-15-9-6-4-3-5-8(9)10(11)12;2-1(3)4;/h3-6H,2,7H2,1H3,(H,11,12);2-3H;/q;-1;+1. The minimum Gasteiger partial charge on any atom is -0.832 e. The maximum atomic E-state index is 10.7. The van der Waals surface area contributed by atoms with E-state index in [1.54, 1.807) is 12.1 Å². The third kappa shape index (κ3) is 11.2. The molecule has 0 saturated heterocycles. The summed E-state index contributed by atoms with van der Waals surface area (Å²) in [6, 6.07) is 6.21. The van der Waals surface area contributed by atoms with Gasteiger partial charge in [-0.25, -0.2) is 4.79 Å². The molecule has 0 aromatic heterocycles. The molecule has 0 radical (unpaired) electrons. The van der Waals surface area contributed by atoms with E-state index < -0.39 is 13.3 Å². The van der Waals surface area contributed by atoms with Gasteiger partial charge in [0.15, 0.2) is 12.5 Å². The van der Waals surface area contributed by atoms with Crippen LogP contribution in [0.2, 0.25) is 0 Å². The van der Waals surface area contributed by atoms with Crippen LogP contribution in [0.4, 0.5) is 0 Å². The molecule has 0 aliphatic carbocycles. The second-order valence-electron chi connectivity index (χ2n) is 2.94. The Hall–Kier alpha value is -0.645. The summed E-state index contributed by atoms with van der Waals surface area (Å²) < 4.78 is 4.86. The van der Waals surface area contributed by atoms with Crippen molar-refractivity contribution in [3.05, 3.63) is 29.8 Å². The Balaban J connectivity index is 0. The van der Waals surface area contributed by atoms with Gasteiger partial charge in [0.25, 0.3) is 0 Å². The second kappa shape index (κ2) is 13.3. The molecule has 20 heavy (non-hydrogen) atoms. The fourth-order valence-electron chi connectivity index (χ4n) is 0.921. The first kappa shape index (κ1) is 21.6. The van der Waals surface area contributed by atoms with Crippen molar-refractivity contribution in [1.29, 1.82) is 0 Å². The number of hydrogen-bond donors (Lipinski definition) is 3. The average Bonchev–Trinajstić information content (AvgIpc) is 2.34. The summed E-state index contributed by atoms with van der Waals surface area (Å²) in [5.41, 5.74) is 0.0500. The predicted molar refractivity (Wildman–Crippen MR) is 61.8 cm³/mol. The molecule has 1 aromatic carbocycles. The molecule has 0 aliphatic heterocycles. The van der Waals surface area contributed by atoms with Gasteiger partial charge in [-0.2, -0.15) is 4.89 Å². The van der Waals surface area contributed by atoms with Crippen LogP contribution in [-0.4, -0.2) is 41.8 Å². The minimum absolute atomic E-state index is 0. The summed E-state index contributed by atoms with van der Waals surface area (Å²) in [5.74, 6) is -0.907. The number of aromatic carboxylic acids is 1. The zero-order chi connectivity index (χ0) is 14.7. The third-order valence-corrected chi connectivity index (χ3v) is 1.60. The van der Waals surface area contributed by atoms with Crippen LogP contribution >= 0.6 is 0 Å². The number of carboxylic acid groups (broad SMARTS) is 1. The number of carbonyl (C=O) groups is 1. The van der Waals surface area contributed by atoms with Crippen molar-refractivity contribution < 1.29 is 69.0 Å². The van der Waals surface area contributed by atoms with Crippen molar-refractivity contribution in [3.8, 4) is 5.75 Å². The van der Waals surface area contributed by atoms with Gasteiger partial charge >= 0.3 is 42.8 Å². The zero-order valence-electron chi connectivity index (χ0n) is 11.2. The second-order valence-corrected chi connectivity index (χ2v) is 2.94. The molecule has 0 heterocycles. The van der Waals surface area contributed by atoms with Crippen molar-refractivity contribution in [3.63, 3.8) is 0 Å². The summed E-state index contributed by atoms with van der Waals surface area (Å²) in [6.45, 7) is 2.28.